The van der Waals surface area contributed by atoms with Gasteiger partial charge in [0.2, 0.25) is 5.28 Å². The van der Waals surface area contributed by atoms with Crippen molar-refractivity contribution in [2.24, 2.45) is 0 Å². The molecule has 15 heavy (non-hydrogen) atoms. The summed E-state index contributed by atoms with van der Waals surface area (Å²) in [5.74, 6) is 0. The molecule has 2 heterocycles. The summed E-state index contributed by atoms with van der Waals surface area (Å²) in [4.78, 5) is 12.1. The number of pyridine rings is 1. The highest BCUT2D eigenvalue weighted by molar-refractivity contribution is 6.28. The molecule has 0 spiro atoms. The van der Waals surface area contributed by atoms with Gasteiger partial charge in [0.1, 0.15) is 0 Å². The van der Waals surface area contributed by atoms with Gasteiger partial charge in [0.15, 0.2) is 0 Å². The summed E-state index contributed by atoms with van der Waals surface area (Å²) in [5.41, 5.74) is 3.17. The summed E-state index contributed by atoms with van der Waals surface area (Å²) < 4.78 is 0. The van der Waals surface area contributed by atoms with E-state index in [9.17, 15) is 0 Å². The number of aryl methyl sites for hydroxylation is 1. The third-order valence-corrected chi connectivity index (χ3v) is 2.23. The zero-order valence-electron chi connectivity index (χ0n) is 8.31. The Hall–Kier alpha value is -1.48. The van der Waals surface area contributed by atoms with Crippen LogP contribution >= 0.6 is 11.6 Å². The molecule has 0 atom stereocenters. The van der Waals surface area contributed by atoms with Crippen LogP contribution in [-0.4, -0.2) is 15.0 Å². The van der Waals surface area contributed by atoms with Gasteiger partial charge in [-0.15, -0.1) is 0 Å². The summed E-state index contributed by atoms with van der Waals surface area (Å²) in [6.07, 6.45) is 6.03. The first kappa shape index (κ1) is 10.1. The van der Waals surface area contributed by atoms with Crippen molar-refractivity contribution in [3.63, 3.8) is 0 Å². The minimum Gasteiger partial charge on any atom is -0.261 e. The predicted molar refractivity (Wildman–Crippen MR) is 58.8 cm³/mol. The maximum atomic E-state index is 5.60. The Labute approximate surface area is 93.2 Å². The number of halogens is 1. The van der Waals surface area contributed by atoms with Gasteiger partial charge < -0.3 is 0 Å². The molecule has 0 saturated heterocycles. The Bertz CT molecular complexity index is 393. The number of nitrogens with zero attached hydrogens (tertiary/aromatic N) is 3. The minimum atomic E-state index is 0.274. The Morgan fingerprint density at radius 3 is 2.40 bits per heavy atom. The van der Waals surface area contributed by atoms with Crippen LogP contribution in [0.3, 0.4) is 0 Å². The molecular weight excluding hydrogens is 210 g/mol. The monoisotopic (exact) mass is 219 g/mol. The van der Waals surface area contributed by atoms with Crippen LogP contribution in [0.4, 0.5) is 0 Å². The first-order chi connectivity index (χ1) is 7.24. The van der Waals surface area contributed by atoms with Crippen LogP contribution < -0.4 is 0 Å². The fourth-order valence-corrected chi connectivity index (χ4v) is 1.34. The molecule has 2 aromatic rings. The van der Waals surface area contributed by atoms with Crippen molar-refractivity contribution in [2.45, 2.75) is 13.3 Å². The number of aromatic nitrogens is 3. The average Bonchev–Trinajstić information content (AvgIpc) is 2.25. The molecule has 0 amide bonds. The van der Waals surface area contributed by atoms with Crippen LogP contribution in [-0.2, 0) is 6.42 Å². The van der Waals surface area contributed by atoms with E-state index in [2.05, 4.69) is 15.0 Å². The second-order valence-corrected chi connectivity index (χ2v) is 3.70. The highest BCUT2D eigenvalue weighted by atomic mass is 35.5. The molecule has 0 N–H and O–H groups in total. The maximum absolute atomic E-state index is 5.60. The van der Waals surface area contributed by atoms with E-state index in [1.807, 2.05) is 25.3 Å². The van der Waals surface area contributed by atoms with E-state index >= 15 is 0 Å². The second-order valence-electron chi connectivity index (χ2n) is 3.36. The molecule has 0 fully saturated rings. The van der Waals surface area contributed by atoms with E-state index < -0.39 is 0 Å². The van der Waals surface area contributed by atoms with Crippen LogP contribution in [0.25, 0.3) is 0 Å². The van der Waals surface area contributed by atoms with E-state index in [1.165, 1.54) is 0 Å². The lowest BCUT2D eigenvalue weighted by Crippen LogP contribution is -1.94. The third-order valence-electron chi connectivity index (χ3n) is 2.03. The highest BCUT2D eigenvalue weighted by Gasteiger charge is 1.98. The highest BCUT2D eigenvalue weighted by Crippen LogP contribution is 2.07. The van der Waals surface area contributed by atoms with Crippen LogP contribution in [0.2, 0.25) is 5.28 Å². The summed E-state index contributed by atoms with van der Waals surface area (Å²) >= 11 is 5.60. The van der Waals surface area contributed by atoms with E-state index in [0.29, 0.717) is 0 Å². The van der Waals surface area contributed by atoms with Gasteiger partial charge in [-0.1, -0.05) is 6.07 Å². The molecule has 0 aliphatic heterocycles. The Kier molecular flexibility index (Phi) is 2.92. The fraction of sp³-hybridized carbons (Fsp3) is 0.182. The summed E-state index contributed by atoms with van der Waals surface area (Å²) in [7, 11) is 0. The van der Waals surface area contributed by atoms with Crippen molar-refractivity contribution in [3.8, 4) is 0 Å². The third kappa shape index (κ3) is 2.73. The first-order valence-electron chi connectivity index (χ1n) is 4.62. The standard InChI is InChI=1S/C11H10ClN3/c1-8-2-3-10(13-5-8)4-9-6-14-11(12)15-7-9/h2-3,5-7H,4H2,1H3. The maximum Gasteiger partial charge on any atom is 0.222 e. The predicted octanol–water partition coefficient (Wildman–Crippen LogP) is 2.42. The van der Waals surface area contributed by atoms with Gasteiger partial charge in [0, 0.05) is 30.7 Å². The largest absolute Gasteiger partial charge is 0.261 e. The topological polar surface area (TPSA) is 38.7 Å². The van der Waals surface area contributed by atoms with Gasteiger partial charge >= 0.3 is 0 Å². The Morgan fingerprint density at radius 1 is 1.07 bits per heavy atom. The van der Waals surface area contributed by atoms with Crippen molar-refractivity contribution in [3.05, 3.63) is 52.8 Å². The normalized spacial score (nSPS) is 10.3. The summed E-state index contributed by atoms with van der Waals surface area (Å²) in [6.45, 7) is 2.02. The summed E-state index contributed by atoms with van der Waals surface area (Å²) in [6, 6.07) is 4.04. The molecule has 0 radical (unpaired) electrons. The fourth-order valence-electron chi connectivity index (χ4n) is 1.24. The van der Waals surface area contributed by atoms with Crippen LogP contribution in [0.1, 0.15) is 16.8 Å². The molecule has 0 aliphatic carbocycles. The van der Waals surface area contributed by atoms with E-state index in [1.54, 1.807) is 12.4 Å². The lowest BCUT2D eigenvalue weighted by molar-refractivity contribution is 1.02. The second kappa shape index (κ2) is 4.36. The van der Waals surface area contributed by atoms with Crippen molar-refractivity contribution in [1.29, 1.82) is 0 Å². The van der Waals surface area contributed by atoms with Crippen LogP contribution in [0.15, 0.2) is 30.7 Å². The Balaban J connectivity index is 2.15. The Morgan fingerprint density at radius 2 is 1.80 bits per heavy atom. The van der Waals surface area contributed by atoms with E-state index in [0.717, 1.165) is 23.2 Å². The molecule has 0 aliphatic rings. The zero-order valence-corrected chi connectivity index (χ0v) is 9.07. The lowest BCUT2D eigenvalue weighted by Gasteiger charge is -2.00. The van der Waals surface area contributed by atoms with Gasteiger partial charge in [0.05, 0.1) is 0 Å². The molecule has 76 valence electrons. The number of hydrogen-bond acceptors (Lipinski definition) is 3. The van der Waals surface area contributed by atoms with Gasteiger partial charge in [0.25, 0.3) is 0 Å². The summed E-state index contributed by atoms with van der Waals surface area (Å²) in [5, 5.41) is 0.274. The lowest BCUT2D eigenvalue weighted by atomic mass is 10.1. The van der Waals surface area contributed by atoms with Crippen molar-refractivity contribution >= 4 is 11.6 Å². The molecule has 0 unspecified atom stereocenters. The van der Waals surface area contributed by atoms with Gasteiger partial charge in [-0.25, -0.2) is 9.97 Å². The van der Waals surface area contributed by atoms with Crippen molar-refractivity contribution in [2.75, 3.05) is 0 Å². The smallest absolute Gasteiger partial charge is 0.222 e. The first-order valence-corrected chi connectivity index (χ1v) is 5.00. The molecule has 0 bridgehead atoms. The quantitative estimate of drug-likeness (QED) is 0.729. The van der Waals surface area contributed by atoms with Crippen molar-refractivity contribution < 1.29 is 0 Å². The average molecular weight is 220 g/mol. The zero-order chi connectivity index (χ0) is 10.7. The van der Waals surface area contributed by atoms with Crippen molar-refractivity contribution in [1.82, 2.24) is 15.0 Å². The SMILES string of the molecule is Cc1ccc(Cc2cnc(Cl)nc2)nc1. The van der Waals surface area contributed by atoms with Gasteiger partial charge in [-0.2, -0.15) is 0 Å². The molecule has 0 aromatic carbocycles. The molecule has 2 rings (SSSR count). The van der Waals surface area contributed by atoms with Gasteiger partial charge in [-0.3, -0.25) is 4.98 Å². The van der Waals surface area contributed by atoms with E-state index in [-0.39, 0.29) is 5.28 Å². The molecule has 4 heteroatoms. The van der Waals surface area contributed by atoms with Crippen LogP contribution in [0, 0.1) is 6.92 Å². The van der Waals surface area contributed by atoms with Gasteiger partial charge in [-0.05, 0) is 35.7 Å². The molecule has 2 aromatic heterocycles. The van der Waals surface area contributed by atoms with Crippen LogP contribution in [0.5, 0.6) is 0 Å². The number of hydrogen-bond donors (Lipinski definition) is 0. The van der Waals surface area contributed by atoms with E-state index in [4.69, 9.17) is 11.6 Å². The number of rotatable bonds is 2. The molecule has 0 saturated carbocycles. The molecule has 3 nitrogen and oxygen atoms in total. The molecular formula is C11H10ClN3. The minimum absolute atomic E-state index is 0.274.